The Morgan fingerprint density at radius 2 is 1.89 bits per heavy atom. The number of nitrogens with zero attached hydrogens (tertiary/aromatic N) is 2. The van der Waals surface area contributed by atoms with Crippen LogP contribution >= 0.6 is 0 Å². The number of hydrogen-bond acceptors (Lipinski definition) is 4. The van der Waals surface area contributed by atoms with Crippen LogP contribution in [-0.4, -0.2) is 64.0 Å². The third kappa shape index (κ3) is 8.59. The van der Waals surface area contributed by atoms with Gasteiger partial charge in [-0.2, -0.15) is 0 Å². The first kappa shape index (κ1) is 22.7. The van der Waals surface area contributed by atoms with Crippen LogP contribution in [0.4, 0.5) is 0 Å². The highest BCUT2D eigenvalue weighted by Crippen LogP contribution is 2.19. The zero-order valence-electron chi connectivity index (χ0n) is 17.9. The summed E-state index contributed by atoms with van der Waals surface area (Å²) in [5.74, 6) is 0.822. The SMILES string of the molecule is CN=C(NCCCOCCOC)NCc1ccc(CN2CCCCC2C)cc1. The molecule has 0 amide bonds. The van der Waals surface area contributed by atoms with Gasteiger partial charge in [0.15, 0.2) is 5.96 Å². The molecular weight excluding hydrogens is 352 g/mol. The van der Waals surface area contributed by atoms with Crippen LogP contribution in [-0.2, 0) is 22.6 Å². The van der Waals surface area contributed by atoms with Gasteiger partial charge in [0.05, 0.1) is 13.2 Å². The van der Waals surface area contributed by atoms with Gasteiger partial charge in [0, 0.05) is 46.4 Å². The Kier molecular flexibility index (Phi) is 10.9. The minimum Gasteiger partial charge on any atom is -0.382 e. The topological polar surface area (TPSA) is 58.1 Å². The van der Waals surface area contributed by atoms with E-state index in [2.05, 4.69) is 51.7 Å². The van der Waals surface area contributed by atoms with Gasteiger partial charge in [-0.15, -0.1) is 0 Å². The normalized spacial score (nSPS) is 18.2. The van der Waals surface area contributed by atoms with Gasteiger partial charge < -0.3 is 20.1 Å². The molecule has 0 spiro atoms. The van der Waals surface area contributed by atoms with E-state index >= 15 is 0 Å². The van der Waals surface area contributed by atoms with Crippen LogP contribution in [0.3, 0.4) is 0 Å². The first-order valence-corrected chi connectivity index (χ1v) is 10.6. The summed E-state index contributed by atoms with van der Waals surface area (Å²) in [5, 5.41) is 6.69. The molecule has 6 heteroatoms. The molecule has 1 aromatic carbocycles. The Morgan fingerprint density at radius 1 is 1.11 bits per heavy atom. The monoisotopic (exact) mass is 390 g/mol. The quantitative estimate of drug-likeness (QED) is 0.346. The lowest BCUT2D eigenvalue weighted by molar-refractivity contribution is 0.0698. The van der Waals surface area contributed by atoms with Crippen molar-refractivity contribution in [3.8, 4) is 0 Å². The average molecular weight is 391 g/mol. The third-order valence-electron chi connectivity index (χ3n) is 5.22. The van der Waals surface area contributed by atoms with Crippen molar-refractivity contribution < 1.29 is 9.47 Å². The van der Waals surface area contributed by atoms with Gasteiger partial charge in [0.1, 0.15) is 0 Å². The van der Waals surface area contributed by atoms with Crippen LogP contribution in [0, 0.1) is 0 Å². The maximum atomic E-state index is 5.46. The van der Waals surface area contributed by atoms with Crippen molar-refractivity contribution >= 4 is 5.96 Å². The number of guanidine groups is 1. The maximum absolute atomic E-state index is 5.46. The summed E-state index contributed by atoms with van der Waals surface area (Å²) >= 11 is 0. The smallest absolute Gasteiger partial charge is 0.191 e. The Hall–Kier alpha value is -1.63. The zero-order chi connectivity index (χ0) is 20.0. The van der Waals surface area contributed by atoms with E-state index < -0.39 is 0 Å². The van der Waals surface area contributed by atoms with Crippen molar-refractivity contribution in [2.45, 2.75) is 51.7 Å². The molecule has 2 N–H and O–H groups in total. The molecule has 1 aliphatic heterocycles. The molecule has 0 aliphatic carbocycles. The summed E-state index contributed by atoms with van der Waals surface area (Å²) in [6.45, 7) is 8.26. The number of hydrogen-bond donors (Lipinski definition) is 2. The molecule has 28 heavy (non-hydrogen) atoms. The Morgan fingerprint density at radius 3 is 2.61 bits per heavy atom. The van der Waals surface area contributed by atoms with Gasteiger partial charge in [-0.05, 0) is 43.9 Å². The first-order valence-electron chi connectivity index (χ1n) is 10.6. The fraction of sp³-hybridized carbons (Fsp3) is 0.682. The van der Waals surface area contributed by atoms with Gasteiger partial charge in [0.2, 0.25) is 0 Å². The molecule has 1 atom stereocenters. The van der Waals surface area contributed by atoms with E-state index in [1.54, 1.807) is 14.2 Å². The summed E-state index contributed by atoms with van der Waals surface area (Å²) in [5.41, 5.74) is 2.66. The van der Waals surface area contributed by atoms with Crippen LogP contribution < -0.4 is 10.6 Å². The van der Waals surface area contributed by atoms with E-state index in [-0.39, 0.29) is 0 Å². The van der Waals surface area contributed by atoms with Crippen LogP contribution in [0.5, 0.6) is 0 Å². The molecule has 1 saturated heterocycles. The largest absolute Gasteiger partial charge is 0.382 e. The molecule has 1 heterocycles. The molecular formula is C22H38N4O2. The predicted molar refractivity (Wildman–Crippen MR) is 116 cm³/mol. The second kappa shape index (κ2) is 13.5. The molecule has 0 radical (unpaired) electrons. The molecule has 158 valence electrons. The molecule has 1 fully saturated rings. The van der Waals surface area contributed by atoms with Gasteiger partial charge in [-0.25, -0.2) is 0 Å². The number of piperidine rings is 1. The van der Waals surface area contributed by atoms with Crippen molar-refractivity contribution in [2.24, 2.45) is 4.99 Å². The summed E-state index contributed by atoms with van der Waals surface area (Å²) < 4.78 is 10.4. The highest BCUT2D eigenvalue weighted by molar-refractivity contribution is 5.79. The predicted octanol–water partition coefficient (Wildman–Crippen LogP) is 2.78. The summed E-state index contributed by atoms with van der Waals surface area (Å²) in [4.78, 5) is 6.88. The fourth-order valence-corrected chi connectivity index (χ4v) is 3.42. The summed E-state index contributed by atoms with van der Waals surface area (Å²) in [7, 11) is 3.48. The highest BCUT2D eigenvalue weighted by Gasteiger charge is 2.17. The van der Waals surface area contributed by atoms with Crippen molar-refractivity contribution in [3.05, 3.63) is 35.4 Å². The van der Waals surface area contributed by atoms with Crippen molar-refractivity contribution in [2.75, 3.05) is 47.1 Å². The highest BCUT2D eigenvalue weighted by atomic mass is 16.5. The van der Waals surface area contributed by atoms with Crippen molar-refractivity contribution in [1.29, 1.82) is 0 Å². The molecule has 2 rings (SSSR count). The van der Waals surface area contributed by atoms with E-state index in [0.717, 1.165) is 38.6 Å². The van der Waals surface area contributed by atoms with Crippen LogP contribution in [0.25, 0.3) is 0 Å². The second-order valence-corrected chi connectivity index (χ2v) is 7.44. The van der Waals surface area contributed by atoms with E-state index in [1.165, 1.54) is 36.9 Å². The lowest BCUT2D eigenvalue weighted by Crippen LogP contribution is -2.37. The summed E-state index contributed by atoms with van der Waals surface area (Å²) in [6, 6.07) is 9.65. The Bertz CT molecular complexity index is 562. The van der Waals surface area contributed by atoms with Gasteiger partial charge in [0.25, 0.3) is 0 Å². The maximum Gasteiger partial charge on any atom is 0.191 e. The molecule has 0 bridgehead atoms. The van der Waals surface area contributed by atoms with E-state index in [9.17, 15) is 0 Å². The van der Waals surface area contributed by atoms with Gasteiger partial charge in [-0.3, -0.25) is 9.89 Å². The number of benzene rings is 1. The molecule has 0 saturated carbocycles. The fourth-order valence-electron chi connectivity index (χ4n) is 3.42. The molecule has 1 aromatic rings. The number of nitrogens with one attached hydrogen (secondary N) is 2. The number of methoxy groups -OCH3 is 1. The molecule has 6 nitrogen and oxygen atoms in total. The van der Waals surface area contributed by atoms with Crippen LogP contribution in [0.1, 0.15) is 43.7 Å². The minimum absolute atomic E-state index is 0.645. The average Bonchev–Trinajstić information content (AvgIpc) is 2.72. The number of likely N-dealkylation sites (tertiary alicyclic amines) is 1. The Balaban J connectivity index is 1.65. The molecule has 0 aromatic heterocycles. The van der Waals surface area contributed by atoms with E-state index in [0.29, 0.717) is 19.3 Å². The first-order chi connectivity index (χ1) is 13.7. The Labute approximate surface area is 170 Å². The van der Waals surface area contributed by atoms with Gasteiger partial charge >= 0.3 is 0 Å². The van der Waals surface area contributed by atoms with Crippen LogP contribution in [0.2, 0.25) is 0 Å². The minimum atomic E-state index is 0.645. The van der Waals surface area contributed by atoms with E-state index in [1.807, 2.05) is 0 Å². The zero-order valence-corrected chi connectivity index (χ0v) is 17.9. The van der Waals surface area contributed by atoms with Crippen LogP contribution in [0.15, 0.2) is 29.3 Å². The second-order valence-electron chi connectivity index (χ2n) is 7.44. The van der Waals surface area contributed by atoms with Crippen molar-refractivity contribution in [1.82, 2.24) is 15.5 Å². The van der Waals surface area contributed by atoms with E-state index in [4.69, 9.17) is 9.47 Å². The number of ether oxygens (including phenoxy) is 2. The molecule has 1 aliphatic rings. The van der Waals surface area contributed by atoms with Crippen molar-refractivity contribution in [3.63, 3.8) is 0 Å². The number of rotatable bonds is 11. The summed E-state index contributed by atoms with van der Waals surface area (Å²) in [6.07, 6.45) is 4.97. The number of aliphatic imine (C=N–C) groups is 1. The standard InChI is InChI=1S/C22H38N4O2/c1-19-7-4-5-13-26(19)18-21-10-8-20(9-11-21)17-25-22(23-2)24-12-6-14-28-16-15-27-3/h8-11,19H,4-7,12-18H2,1-3H3,(H2,23,24,25). The lowest BCUT2D eigenvalue weighted by Gasteiger charge is -2.33. The molecule has 1 unspecified atom stereocenters. The van der Waals surface area contributed by atoms with Gasteiger partial charge in [-0.1, -0.05) is 30.7 Å². The lowest BCUT2D eigenvalue weighted by atomic mass is 10.0. The third-order valence-corrected chi connectivity index (χ3v) is 5.22.